The highest BCUT2D eigenvalue weighted by atomic mass is 16.5. The molecule has 1 saturated heterocycles. The van der Waals surface area contributed by atoms with E-state index in [4.69, 9.17) is 14.2 Å². The summed E-state index contributed by atoms with van der Waals surface area (Å²) >= 11 is 0. The van der Waals surface area contributed by atoms with E-state index in [1.807, 2.05) is 13.8 Å². The number of fused-ring (bicyclic) bond motifs is 2. The molecule has 0 radical (unpaired) electrons. The lowest BCUT2D eigenvalue weighted by Crippen LogP contribution is -2.58. The second-order valence-corrected chi connectivity index (χ2v) is 8.29. The lowest BCUT2D eigenvalue weighted by Gasteiger charge is -2.53. The zero-order valence-corrected chi connectivity index (χ0v) is 17.6. The number of hydrogen-bond donors (Lipinski definition) is 1. The van der Waals surface area contributed by atoms with E-state index in [-0.39, 0.29) is 11.8 Å². The van der Waals surface area contributed by atoms with Gasteiger partial charge in [0, 0.05) is 37.7 Å². The van der Waals surface area contributed by atoms with Gasteiger partial charge < -0.3 is 19.3 Å². The fourth-order valence-corrected chi connectivity index (χ4v) is 5.19. The number of ether oxygens (including phenoxy) is 3. The van der Waals surface area contributed by atoms with Crippen LogP contribution in [0.15, 0.2) is 17.8 Å². The molecular weight excluding hydrogens is 370 g/mol. The maximum atomic E-state index is 12.0. The van der Waals surface area contributed by atoms with Crippen LogP contribution in [0.25, 0.3) is 0 Å². The first-order valence-electron chi connectivity index (χ1n) is 11.0. The molecule has 0 amide bonds. The van der Waals surface area contributed by atoms with Gasteiger partial charge in [0.1, 0.15) is 5.60 Å². The average molecular weight is 404 g/mol. The van der Waals surface area contributed by atoms with Crippen molar-refractivity contribution >= 4 is 0 Å². The molecule has 1 aromatic rings. The van der Waals surface area contributed by atoms with Gasteiger partial charge in [-0.05, 0) is 38.7 Å². The van der Waals surface area contributed by atoms with Crippen molar-refractivity contribution in [3.8, 4) is 11.9 Å². The average Bonchev–Trinajstić information content (AvgIpc) is 2.70. The van der Waals surface area contributed by atoms with Crippen LogP contribution in [0.2, 0.25) is 0 Å². The fraction of sp³-hybridized carbons (Fsp3) is 0.727. The first kappa shape index (κ1) is 20.6. The second-order valence-electron chi connectivity index (χ2n) is 8.29. The summed E-state index contributed by atoms with van der Waals surface area (Å²) in [6.45, 7) is 9.03. The minimum Gasteiger partial charge on any atom is -0.478 e. The van der Waals surface area contributed by atoms with E-state index in [9.17, 15) is 5.11 Å². The third kappa shape index (κ3) is 4.13. The molecule has 2 atom stereocenters. The van der Waals surface area contributed by atoms with Crippen molar-refractivity contribution in [2.24, 2.45) is 11.8 Å². The Morgan fingerprint density at radius 3 is 2.62 bits per heavy atom. The molecule has 160 valence electrons. The van der Waals surface area contributed by atoms with Crippen molar-refractivity contribution in [2.75, 3.05) is 46.1 Å². The lowest BCUT2D eigenvalue weighted by molar-refractivity contribution is -0.147. The van der Waals surface area contributed by atoms with Gasteiger partial charge in [-0.15, -0.1) is 0 Å². The van der Waals surface area contributed by atoms with Crippen LogP contribution in [0.3, 0.4) is 0 Å². The smallest absolute Gasteiger partial charge is 0.319 e. The maximum Gasteiger partial charge on any atom is 0.319 e. The molecule has 1 N–H and O–H groups in total. The molecule has 1 saturated carbocycles. The molecule has 2 bridgehead atoms. The molecule has 2 aliphatic heterocycles. The molecule has 29 heavy (non-hydrogen) atoms. The van der Waals surface area contributed by atoms with E-state index in [0.29, 0.717) is 25.1 Å². The predicted molar refractivity (Wildman–Crippen MR) is 109 cm³/mol. The molecule has 3 aliphatic rings. The van der Waals surface area contributed by atoms with Crippen LogP contribution in [0, 0.1) is 11.8 Å². The van der Waals surface area contributed by atoms with Gasteiger partial charge in [0.2, 0.25) is 5.88 Å². The number of likely N-dealkylation sites (tertiary alicyclic amines) is 1. The third-order valence-electron chi connectivity index (χ3n) is 6.43. The SMILES string of the molecule is CCOc1ncc(C2(O)[C@H]3CCC[C@H]2CN(CC2=CCCOC2)C3)c(OCC)n1. The van der Waals surface area contributed by atoms with Crippen molar-refractivity contribution in [3.63, 3.8) is 0 Å². The number of aliphatic hydroxyl groups is 1. The molecule has 7 heteroatoms. The number of nitrogens with zero attached hydrogens (tertiary/aromatic N) is 3. The predicted octanol–water partition coefficient (Wildman–Crippen LogP) is 2.54. The monoisotopic (exact) mass is 403 g/mol. The Morgan fingerprint density at radius 1 is 1.21 bits per heavy atom. The van der Waals surface area contributed by atoms with E-state index < -0.39 is 5.60 Å². The molecule has 0 unspecified atom stereocenters. The number of rotatable bonds is 7. The van der Waals surface area contributed by atoms with Crippen LogP contribution in [-0.2, 0) is 10.3 Å². The number of hydrogen-bond acceptors (Lipinski definition) is 7. The van der Waals surface area contributed by atoms with Crippen molar-refractivity contribution in [2.45, 2.75) is 45.1 Å². The van der Waals surface area contributed by atoms with E-state index in [2.05, 4.69) is 20.9 Å². The summed E-state index contributed by atoms with van der Waals surface area (Å²) in [4.78, 5) is 11.3. The highest BCUT2D eigenvalue weighted by Crippen LogP contribution is 2.51. The van der Waals surface area contributed by atoms with Crippen LogP contribution in [0.4, 0.5) is 0 Å². The third-order valence-corrected chi connectivity index (χ3v) is 6.43. The molecule has 1 aromatic heterocycles. The van der Waals surface area contributed by atoms with Crippen LogP contribution >= 0.6 is 0 Å². The van der Waals surface area contributed by atoms with Crippen LogP contribution < -0.4 is 9.47 Å². The molecule has 2 fully saturated rings. The quantitative estimate of drug-likeness (QED) is 0.701. The van der Waals surface area contributed by atoms with Crippen molar-refractivity contribution in [1.82, 2.24) is 14.9 Å². The summed E-state index contributed by atoms with van der Waals surface area (Å²) in [6, 6.07) is 0.301. The van der Waals surface area contributed by atoms with E-state index in [0.717, 1.165) is 64.1 Å². The largest absolute Gasteiger partial charge is 0.478 e. The summed E-state index contributed by atoms with van der Waals surface area (Å²) < 4.78 is 16.9. The minimum absolute atomic E-state index is 0.140. The normalized spacial score (nSPS) is 30.0. The molecule has 4 rings (SSSR count). The Balaban J connectivity index is 1.59. The number of piperidine rings is 1. The van der Waals surface area contributed by atoms with Gasteiger partial charge in [-0.3, -0.25) is 4.90 Å². The summed E-state index contributed by atoms with van der Waals surface area (Å²) in [7, 11) is 0. The topological polar surface area (TPSA) is 76.9 Å². The zero-order chi connectivity index (χ0) is 20.3. The van der Waals surface area contributed by atoms with E-state index >= 15 is 0 Å². The molecule has 0 spiro atoms. The first-order chi connectivity index (χ1) is 14.1. The summed E-state index contributed by atoms with van der Waals surface area (Å²) in [5.74, 6) is 0.740. The molecule has 7 nitrogen and oxygen atoms in total. The lowest BCUT2D eigenvalue weighted by atomic mass is 9.63. The van der Waals surface area contributed by atoms with Gasteiger partial charge in [-0.1, -0.05) is 12.5 Å². The fourth-order valence-electron chi connectivity index (χ4n) is 5.19. The second kappa shape index (κ2) is 8.98. The summed E-state index contributed by atoms with van der Waals surface area (Å²) in [5, 5.41) is 12.0. The standard InChI is InChI=1S/C22H33N3O4/c1-3-28-20-19(11-23-21(24-20)29-4-2)22(26)17-8-5-9-18(22)14-25(13-17)12-16-7-6-10-27-15-16/h7,11,17-18,26H,3-6,8-10,12-15H2,1-2H3/t17-,18-/m0/s1. The Hall–Kier alpha value is -1.70. The highest BCUT2D eigenvalue weighted by molar-refractivity contribution is 5.34. The van der Waals surface area contributed by atoms with Gasteiger partial charge in [-0.2, -0.15) is 4.98 Å². The summed E-state index contributed by atoms with van der Waals surface area (Å²) in [6.07, 6.45) is 8.19. The zero-order valence-electron chi connectivity index (χ0n) is 17.6. The Morgan fingerprint density at radius 2 is 1.97 bits per heavy atom. The Kier molecular flexibility index (Phi) is 6.37. The van der Waals surface area contributed by atoms with E-state index in [1.165, 1.54) is 5.57 Å². The van der Waals surface area contributed by atoms with Crippen molar-refractivity contribution < 1.29 is 19.3 Å². The van der Waals surface area contributed by atoms with Gasteiger partial charge in [0.25, 0.3) is 0 Å². The first-order valence-corrected chi connectivity index (χ1v) is 11.0. The van der Waals surface area contributed by atoms with E-state index in [1.54, 1.807) is 6.20 Å². The van der Waals surface area contributed by atoms with Gasteiger partial charge in [0.15, 0.2) is 0 Å². The molecule has 3 heterocycles. The van der Waals surface area contributed by atoms with Crippen molar-refractivity contribution in [3.05, 3.63) is 23.4 Å². The molecule has 0 aromatic carbocycles. The molecular formula is C22H33N3O4. The highest BCUT2D eigenvalue weighted by Gasteiger charge is 2.53. The minimum atomic E-state index is -0.957. The Bertz CT molecular complexity index is 725. The van der Waals surface area contributed by atoms with Crippen LogP contribution in [-0.4, -0.2) is 66.0 Å². The maximum absolute atomic E-state index is 12.0. The van der Waals surface area contributed by atoms with Crippen LogP contribution in [0.5, 0.6) is 11.9 Å². The van der Waals surface area contributed by atoms with Gasteiger partial charge >= 0.3 is 6.01 Å². The van der Waals surface area contributed by atoms with Gasteiger partial charge in [0.05, 0.1) is 32.0 Å². The Labute approximate surface area is 173 Å². The molecule has 1 aliphatic carbocycles. The van der Waals surface area contributed by atoms with Gasteiger partial charge in [-0.25, -0.2) is 4.98 Å². The number of aromatic nitrogens is 2. The van der Waals surface area contributed by atoms with Crippen LogP contribution in [0.1, 0.15) is 45.1 Å². The summed E-state index contributed by atoms with van der Waals surface area (Å²) in [5.41, 5.74) is 1.12. The van der Waals surface area contributed by atoms with Crippen molar-refractivity contribution in [1.29, 1.82) is 0 Å².